The number of phosphoric acid groups is 1. The largest absolute Gasteiger partial charge is 0.472 e. The topological polar surface area (TPSA) is 81.8 Å². The molecule has 0 aliphatic rings. The Hall–Kier alpha value is 0.0700. The normalized spacial score (nSPS) is 11.4. The number of hydrogen-bond donors (Lipinski definition) is 2. The second-order valence-electron chi connectivity index (χ2n) is 8.23. The minimum absolute atomic E-state index is 0.316. The number of nitrogens with two attached hydrogens (primary N) is 1. The molecule has 0 aromatic rings. The molecule has 30 heavy (non-hydrogen) atoms. The van der Waals surface area contributed by atoms with E-state index in [-0.39, 0.29) is 0 Å². The van der Waals surface area contributed by atoms with Crippen LogP contribution in [0.25, 0.3) is 0 Å². The highest BCUT2D eigenvalue weighted by molar-refractivity contribution is 7.47. The monoisotopic (exact) mass is 451 g/mol. The number of rotatable bonds is 22. The molecule has 0 aromatic carbocycles. The third kappa shape index (κ3) is 30.3. The van der Waals surface area contributed by atoms with Crippen molar-refractivity contribution in [3.05, 3.63) is 0 Å². The van der Waals surface area contributed by atoms with Crippen molar-refractivity contribution in [1.82, 2.24) is 0 Å². The molecule has 0 bridgehead atoms. The zero-order valence-electron chi connectivity index (χ0n) is 20.5. The van der Waals surface area contributed by atoms with Gasteiger partial charge in [-0.15, -0.1) is 0 Å². The minimum Gasteiger partial charge on any atom is -0.330 e. The van der Waals surface area contributed by atoms with Crippen LogP contribution in [0.3, 0.4) is 0 Å². The molecule has 0 rings (SSSR count). The first-order valence-corrected chi connectivity index (χ1v) is 14.4. The second kappa shape index (κ2) is 27.1. The van der Waals surface area contributed by atoms with Crippen molar-refractivity contribution in [1.29, 1.82) is 0 Å². The minimum atomic E-state index is -3.82. The quantitative estimate of drug-likeness (QED) is 0.128. The van der Waals surface area contributed by atoms with Gasteiger partial charge in [-0.25, -0.2) is 4.57 Å². The Labute approximate surface area is 188 Å². The third-order valence-electron chi connectivity index (χ3n) is 5.06. The molecule has 0 atom stereocenters. The summed E-state index contributed by atoms with van der Waals surface area (Å²) in [6.07, 6.45) is 21.6. The zero-order chi connectivity index (χ0) is 22.8. The van der Waals surface area contributed by atoms with Gasteiger partial charge in [0, 0.05) is 0 Å². The van der Waals surface area contributed by atoms with Crippen LogP contribution in [0, 0.1) is 0 Å². The van der Waals surface area contributed by atoms with Crippen LogP contribution in [-0.4, -0.2) is 24.7 Å². The van der Waals surface area contributed by atoms with E-state index in [1.54, 1.807) is 0 Å². The smallest absolute Gasteiger partial charge is 0.330 e. The summed E-state index contributed by atoms with van der Waals surface area (Å²) < 4.78 is 21.5. The lowest BCUT2D eigenvalue weighted by Crippen LogP contribution is -1.99. The molecular weight excluding hydrogens is 397 g/mol. The standard InChI is InChI=1S/C16H35O4P.C8H19N/c1-3-5-7-9-11-13-15-19-21(17,18)20-16-14-12-10-8-6-4-2;1-2-3-4-5-6-7-8-9/h3-16H2,1-2H3,(H,17,18);2-9H2,1H3. The molecule has 184 valence electrons. The Kier molecular flexibility index (Phi) is 29.1. The van der Waals surface area contributed by atoms with Gasteiger partial charge < -0.3 is 10.6 Å². The van der Waals surface area contributed by atoms with Crippen molar-refractivity contribution < 1.29 is 18.5 Å². The van der Waals surface area contributed by atoms with Gasteiger partial charge >= 0.3 is 7.82 Å². The van der Waals surface area contributed by atoms with Crippen molar-refractivity contribution in [2.45, 2.75) is 136 Å². The van der Waals surface area contributed by atoms with Gasteiger partial charge in [-0.05, 0) is 25.8 Å². The molecule has 0 aromatic heterocycles. The van der Waals surface area contributed by atoms with Crippen LogP contribution in [0.1, 0.15) is 136 Å². The van der Waals surface area contributed by atoms with Gasteiger partial charge in [0.1, 0.15) is 0 Å². The highest BCUT2D eigenvalue weighted by atomic mass is 31.2. The van der Waals surface area contributed by atoms with E-state index in [0.29, 0.717) is 13.2 Å². The SMILES string of the molecule is CCCCCCCCN.CCCCCCCCOP(=O)(O)OCCCCCCCC. The van der Waals surface area contributed by atoms with Gasteiger partial charge in [0.05, 0.1) is 13.2 Å². The van der Waals surface area contributed by atoms with Crippen LogP contribution in [0.5, 0.6) is 0 Å². The Bertz CT molecular complexity index is 328. The molecular formula is C24H54NO4P. The van der Waals surface area contributed by atoms with Crippen molar-refractivity contribution in [2.75, 3.05) is 19.8 Å². The molecule has 0 aliphatic carbocycles. The van der Waals surface area contributed by atoms with Crippen LogP contribution >= 0.6 is 7.82 Å². The van der Waals surface area contributed by atoms with E-state index in [4.69, 9.17) is 14.8 Å². The fraction of sp³-hybridized carbons (Fsp3) is 1.00. The number of unbranched alkanes of at least 4 members (excludes halogenated alkanes) is 15. The molecule has 0 heterocycles. The summed E-state index contributed by atoms with van der Waals surface area (Å²) >= 11 is 0. The van der Waals surface area contributed by atoms with Crippen LogP contribution in [-0.2, 0) is 13.6 Å². The maximum Gasteiger partial charge on any atom is 0.472 e. The molecule has 0 fully saturated rings. The lowest BCUT2D eigenvalue weighted by Gasteiger charge is -2.12. The average Bonchev–Trinajstić information content (AvgIpc) is 2.73. The average molecular weight is 452 g/mol. The number of phosphoric ester groups is 1. The molecule has 0 unspecified atom stereocenters. The fourth-order valence-corrected chi connectivity index (χ4v) is 3.88. The maximum atomic E-state index is 11.6. The number of hydrogen-bond acceptors (Lipinski definition) is 4. The van der Waals surface area contributed by atoms with E-state index in [1.165, 1.54) is 89.9 Å². The third-order valence-corrected chi connectivity index (χ3v) is 6.08. The van der Waals surface area contributed by atoms with Crippen LogP contribution in [0.15, 0.2) is 0 Å². The molecule has 5 nitrogen and oxygen atoms in total. The van der Waals surface area contributed by atoms with Gasteiger partial charge in [-0.3, -0.25) is 9.05 Å². The van der Waals surface area contributed by atoms with Gasteiger partial charge in [-0.1, -0.05) is 117 Å². The lowest BCUT2D eigenvalue weighted by atomic mass is 10.1. The first kappa shape index (κ1) is 32.3. The molecule has 0 amide bonds. The van der Waals surface area contributed by atoms with E-state index < -0.39 is 7.82 Å². The van der Waals surface area contributed by atoms with Gasteiger partial charge in [-0.2, -0.15) is 0 Å². The summed E-state index contributed by atoms with van der Waals surface area (Å²) in [6.45, 7) is 8.11. The molecule has 0 spiro atoms. The maximum absolute atomic E-state index is 11.6. The van der Waals surface area contributed by atoms with Gasteiger partial charge in [0.2, 0.25) is 0 Å². The molecule has 0 aliphatic heterocycles. The predicted octanol–water partition coefficient (Wildman–Crippen LogP) is 8.15. The van der Waals surface area contributed by atoms with Crippen molar-refractivity contribution in [3.63, 3.8) is 0 Å². The predicted molar refractivity (Wildman–Crippen MR) is 131 cm³/mol. The van der Waals surface area contributed by atoms with Gasteiger partial charge in [0.15, 0.2) is 0 Å². The second-order valence-corrected chi connectivity index (χ2v) is 9.68. The first-order valence-electron chi connectivity index (χ1n) is 12.9. The van der Waals surface area contributed by atoms with Crippen molar-refractivity contribution in [3.8, 4) is 0 Å². The Balaban J connectivity index is 0. The molecule has 0 radical (unpaired) electrons. The van der Waals surface area contributed by atoms with E-state index in [9.17, 15) is 9.46 Å². The summed E-state index contributed by atoms with van der Waals surface area (Å²) in [4.78, 5) is 9.51. The molecule has 0 saturated heterocycles. The highest BCUT2D eigenvalue weighted by Gasteiger charge is 2.19. The Morgan fingerprint density at radius 1 is 0.567 bits per heavy atom. The Morgan fingerprint density at radius 2 is 0.867 bits per heavy atom. The Morgan fingerprint density at radius 3 is 1.20 bits per heavy atom. The first-order chi connectivity index (χ1) is 14.5. The summed E-state index contributed by atoms with van der Waals surface area (Å²) in [5, 5.41) is 0. The molecule has 6 heteroatoms. The van der Waals surface area contributed by atoms with Crippen LogP contribution in [0.4, 0.5) is 0 Å². The van der Waals surface area contributed by atoms with Crippen LogP contribution < -0.4 is 5.73 Å². The van der Waals surface area contributed by atoms with Crippen molar-refractivity contribution in [2.24, 2.45) is 5.73 Å². The van der Waals surface area contributed by atoms with Gasteiger partial charge in [0.25, 0.3) is 0 Å². The van der Waals surface area contributed by atoms with E-state index in [1.807, 2.05) is 0 Å². The summed E-state index contributed by atoms with van der Waals surface area (Å²) in [6, 6.07) is 0. The van der Waals surface area contributed by atoms with Crippen molar-refractivity contribution >= 4 is 7.82 Å². The molecule has 3 N–H and O–H groups in total. The summed E-state index contributed by atoms with van der Waals surface area (Å²) in [5.74, 6) is 0. The summed E-state index contributed by atoms with van der Waals surface area (Å²) in [7, 11) is -3.82. The zero-order valence-corrected chi connectivity index (χ0v) is 21.4. The van der Waals surface area contributed by atoms with E-state index >= 15 is 0 Å². The van der Waals surface area contributed by atoms with E-state index in [0.717, 1.165) is 32.2 Å². The fourth-order valence-electron chi connectivity index (χ4n) is 3.09. The van der Waals surface area contributed by atoms with E-state index in [2.05, 4.69) is 20.8 Å². The van der Waals surface area contributed by atoms with Crippen LogP contribution in [0.2, 0.25) is 0 Å². The molecule has 0 saturated carbocycles. The lowest BCUT2D eigenvalue weighted by molar-refractivity contribution is 0.145. The highest BCUT2D eigenvalue weighted by Crippen LogP contribution is 2.43. The summed E-state index contributed by atoms with van der Waals surface area (Å²) in [5.41, 5.74) is 5.34.